The molecule has 0 aliphatic carbocycles. The Bertz CT molecular complexity index is 11.6. The first-order valence-electron chi connectivity index (χ1n) is 0.548. The molecule has 5 heteroatoms. The lowest BCUT2D eigenvalue weighted by atomic mass is 15.8. The van der Waals surface area contributed by atoms with Crippen LogP contribution in [0.1, 0.15) is 0 Å². The number of halogens is 1. The second kappa shape index (κ2) is 4.60. The van der Waals surface area contributed by atoms with Gasteiger partial charge in [-0.15, -0.1) is 0 Å². The van der Waals surface area contributed by atoms with Gasteiger partial charge in [0.1, 0.15) is 0 Å². The molecule has 0 saturated heterocycles. The zero-order valence-corrected chi connectivity index (χ0v) is 3.70. The van der Waals surface area contributed by atoms with E-state index in [1.54, 1.807) is 0 Å². The van der Waals surface area contributed by atoms with Crippen molar-refractivity contribution in [2.45, 2.75) is 0 Å². The van der Waals surface area contributed by atoms with Crippen molar-refractivity contribution in [3.05, 3.63) is 0 Å². The minimum atomic E-state index is -3.37. The van der Waals surface area contributed by atoms with E-state index in [2.05, 4.69) is 0 Å². The van der Waals surface area contributed by atoms with Crippen molar-refractivity contribution < 1.29 is 27.1 Å². The van der Waals surface area contributed by atoms with Crippen LogP contribution in [0.5, 0.6) is 0 Å². The van der Waals surface area contributed by atoms with Crippen LogP contribution in [-0.4, -0.2) is 0 Å². The van der Waals surface area contributed by atoms with E-state index in [4.69, 9.17) is 14.7 Å². The van der Waals surface area contributed by atoms with Crippen LogP contribution in [0.3, 0.4) is 0 Å². The summed E-state index contributed by atoms with van der Waals surface area (Å²) in [7, 11) is -3.37. The fourth-order valence-electron chi connectivity index (χ4n) is 0. The van der Waals surface area contributed by atoms with Crippen LogP contribution in [-0.2, 0) is 0 Å². The third-order valence-corrected chi connectivity index (χ3v) is 0. The molecule has 0 aliphatic heterocycles. The first-order valence-corrected chi connectivity index (χ1v) is 1.64. The standard InChI is InChI=1S/ClH.O3P/c;1-4(2)3/h1H;/q;-3/p-1. The summed E-state index contributed by atoms with van der Waals surface area (Å²) in [6, 6.07) is 0. The van der Waals surface area contributed by atoms with Crippen molar-refractivity contribution in [2.24, 2.45) is 0 Å². The average Bonchev–Trinajstić information content (AvgIpc) is 0.811. The molecule has 0 unspecified atom stereocenters. The number of rotatable bonds is 0. The predicted molar refractivity (Wildman–Crippen MR) is 6.92 cm³/mol. The summed E-state index contributed by atoms with van der Waals surface area (Å²) in [5.41, 5.74) is 0. The van der Waals surface area contributed by atoms with Gasteiger partial charge in [-0.3, -0.25) is 0 Å². The topological polar surface area (TPSA) is 69.2 Å². The van der Waals surface area contributed by atoms with Crippen LogP contribution < -0.4 is 27.1 Å². The summed E-state index contributed by atoms with van der Waals surface area (Å²) in [5.74, 6) is 0. The molecule has 0 amide bonds. The van der Waals surface area contributed by atoms with Gasteiger partial charge in [-0.05, 0) is 0 Å². The quantitative estimate of drug-likeness (QED) is 0.295. The SMILES string of the molecule is [Cl-].[O-]P([O-])[O-]. The van der Waals surface area contributed by atoms with Gasteiger partial charge in [0.25, 0.3) is 0 Å². The molecule has 0 bridgehead atoms. The van der Waals surface area contributed by atoms with Crippen LogP contribution in [0.15, 0.2) is 0 Å². The maximum Gasteiger partial charge on any atom is -0.438 e. The highest BCUT2D eigenvalue weighted by Crippen LogP contribution is 1.85. The lowest BCUT2D eigenvalue weighted by Gasteiger charge is -2.39. The number of hydrogen-bond donors (Lipinski definition) is 0. The summed E-state index contributed by atoms with van der Waals surface area (Å²) in [6.45, 7) is 0. The molecule has 0 aromatic rings. The van der Waals surface area contributed by atoms with Crippen molar-refractivity contribution in [3.8, 4) is 0 Å². The van der Waals surface area contributed by atoms with Crippen LogP contribution in [0, 0.1) is 0 Å². The molecule has 0 aromatic carbocycles. The average molecular weight is 114 g/mol. The summed E-state index contributed by atoms with van der Waals surface area (Å²) >= 11 is 0. The second-order valence-corrected chi connectivity index (χ2v) is 0.671. The molecule has 0 heterocycles. The molecule has 0 rings (SSSR count). The van der Waals surface area contributed by atoms with E-state index in [-0.39, 0.29) is 12.4 Å². The largest absolute Gasteiger partial charge is 1.00 e. The number of hydrogen-bond acceptors (Lipinski definition) is 3. The van der Waals surface area contributed by atoms with E-state index in [0.717, 1.165) is 0 Å². The Kier molecular flexibility index (Phi) is 8.41. The molecule has 0 fully saturated rings. The zero-order chi connectivity index (χ0) is 3.58. The van der Waals surface area contributed by atoms with Gasteiger partial charge < -0.3 is 35.7 Å². The molecule has 0 saturated carbocycles. The van der Waals surface area contributed by atoms with E-state index >= 15 is 0 Å². The summed E-state index contributed by atoms with van der Waals surface area (Å²) < 4.78 is 0. The van der Waals surface area contributed by atoms with E-state index in [1.165, 1.54) is 0 Å². The van der Waals surface area contributed by atoms with Gasteiger partial charge in [0.15, 0.2) is 0 Å². The Hall–Kier alpha value is 0.600. The maximum absolute atomic E-state index is 8.48. The first-order chi connectivity index (χ1) is 1.73. The summed E-state index contributed by atoms with van der Waals surface area (Å²) in [5, 5.41) is 0. The highest BCUT2D eigenvalue weighted by atomic mass is 35.5. The minimum Gasteiger partial charge on any atom is -1.00 e. The fraction of sp³-hybridized carbons (Fsp3) is 0. The highest BCUT2D eigenvalue weighted by Gasteiger charge is 1.10. The Balaban J connectivity index is 0. The lowest BCUT2D eigenvalue weighted by Crippen LogP contribution is -3.00. The molecule has 0 atom stereocenters. The van der Waals surface area contributed by atoms with Crippen LogP contribution in [0.25, 0.3) is 0 Å². The molecule has 0 aromatic heterocycles. The predicted octanol–water partition coefficient (Wildman–Crippen LogP) is -5.70. The Morgan fingerprint density at radius 3 is 1.00 bits per heavy atom. The van der Waals surface area contributed by atoms with E-state index in [1.807, 2.05) is 0 Å². The molecule has 0 spiro atoms. The van der Waals surface area contributed by atoms with Crippen LogP contribution in [0.4, 0.5) is 0 Å². The molecule has 3 nitrogen and oxygen atoms in total. The zero-order valence-electron chi connectivity index (χ0n) is 2.05. The van der Waals surface area contributed by atoms with E-state index in [9.17, 15) is 0 Å². The van der Waals surface area contributed by atoms with Gasteiger partial charge in [0.05, 0.1) is 0 Å². The second-order valence-electron chi connectivity index (χ2n) is 0.224. The molecule has 0 N–H and O–H groups in total. The van der Waals surface area contributed by atoms with Crippen molar-refractivity contribution in [1.29, 1.82) is 0 Å². The molecular formula is ClO3P-4. The third-order valence-electron chi connectivity index (χ3n) is 0. The van der Waals surface area contributed by atoms with Gasteiger partial charge in [-0.1, -0.05) is 0 Å². The molecule has 0 aliphatic rings. The summed E-state index contributed by atoms with van der Waals surface area (Å²) in [4.78, 5) is 25.4. The molecule has 5 heavy (non-hydrogen) atoms. The van der Waals surface area contributed by atoms with E-state index in [0.29, 0.717) is 0 Å². The Labute approximate surface area is 36.7 Å². The van der Waals surface area contributed by atoms with E-state index < -0.39 is 8.60 Å². The lowest BCUT2D eigenvalue weighted by molar-refractivity contribution is -0.407. The fourth-order valence-corrected chi connectivity index (χ4v) is 0. The summed E-state index contributed by atoms with van der Waals surface area (Å²) in [6.07, 6.45) is 0. The van der Waals surface area contributed by atoms with Gasteiger partial charge >= 0.3 is 0 Å². The maximum atomic E-state index is 8.48. The monoisotopic (exact) mass is 114 g/mol. The van der Waals surface area contributed by atoms with Gasteiger partial charge in [0, 0.05) is 0 Å². The van der Waals surface area contributed by atoms with Crippen molar-refractivity contribution in [2.75, 3.05) is 0 Å². The normalized spacial score (nSPS) is 7.20. The van der Waals surface area contributed by atoms with Crippen molar-refractivity contribution in [3.63, 3.8) is 0 Å². The Morgan fingerprint density at radius 2 is 1.00 bits per heavy atom. The molecule has 0 radical (unpaired) electrons. The molecule has 34 valence electrons. The van der Waals surface area contributed by atoms with Crippen LogP contribution in [0.2, 0.25) is 0 Å². The molecular weight excluding hydrogens is 114 g/mol. The van der Waals surface area contributed by atoms with Crippen molar-refractivity contribution >= 4 is 8.60 Å². The highest BCUT2D eigenvalue weighted by molar-refractivity contribution is 7.33. The first kappa shape index (κ1) is 9.14. The van der Waals surface area contributed by atoms with Crippen LogP contribution >= 0.6 is 8.60 Å². The van der Waals surface area contributed by atoms with Gasteiger partial charge in [-0.25, -0.2) is 0 Å². The van der Waals surface area contributed by atoms with Crippen molar-refractivity contribution in [1.82, 2.24) is 0 Å². The van der Waals surface area contributed by atoms with Gasteiger partial charge in [-0.2, -0.15) is 0 Å². The van der Waals surface area contributed by atoms with Gasteiger partial charge in [0.2, 0.25) is 0 Å². The minimum absolute atomic E-state index is 0. The third kappa shape index (κ3) is 86.4. The Morgan fingerprint density at radius 1 is 1.00 bits per heavy atom. The smallest absolute Gasteiger partial charge is 0.438 e.